The van der Waals surface area contributed by atoms with Gasteiger partial charge in [-0.1, -0.05) is 0 Å². The largest absolute Gasteiger partial charge is 0.340 e. The molecular weight excluding hydrogens is 250 g/mol. The molecular formula is C14H16F2N2O. The lowest BCUT2D eigenvalue weighted by atomic mass is 10.1. The molecule has 0 bridgehead atoms. The fraction of sp³-hybridized carbons (Fsp3) is 0.500. The summed E-state index contributed by atoms with van der Waals surface area (Å²) in [5, 5.41) is 3.18. The minimum absolute atomic E-state index is 0.0789. The first kappa shape index (κ1) is 12.5. The molecule has 0 radical (unpaired) electrons. The first-order chi connectivity index (χ1) is 9.16. The van der Waals surface area contributed by atoms with Gasteiger partial charge in [0.25, 0.3) is 0 Å². The van der Waals surface area contributed by atoms with Gasteiger partial charge >= 0.3 is 0 Å². The molecule has 2 atom stereocenters. The SMILES string of the molecule is O=C(C1CC1c1cc(F)ccc1F)N1CCNCC1. The molecule has 1 saturated carbocycles. The number of hydrogen-bond donors (Lipinski definition) is 1. The highest BCUT2D eigenvalue weighted by molar-refractivity contribution is 5.83. The number of carbonyl (C=O) groups is 1. The number of nitrogens with zero attached hydrogens (tertiary/aromatic N) is 1. The van der Waals surface area contributed by atoms with Gasteiger partial charge in [0.15, 0.2) is 0 Å². The predicted molar refractivity (Wildman–Crippen MR) is 66.7 cm³/mol. The van der Waals surface area contributed by atoms with Crippen molar-refractivity contribution in [1.82, 2.24) is 10.2 Å². The molecule has 0 aromatic heterocycles. The van der Waals surface area contributed by atoms with E-state index in [-0.39, 0.29) is 17.7 Å². The fourth-order valence-electron chi connectivity index (χ4n) is 2.73. The van der Waals surface area contributed by atoms with Crippen LogP contribution < -0.4 is 5.32 Å². The highest BCUT2D eigenvalue weighted by atomic mass is 19.1. The van der Waals surface area contributed by atoms with Gasteiger partial charge in [0.2, 0.25) is 5.91 Å². The van der Waals surface area contributed by atoms with Gasteiger partial charge in [-0.25, -0.2) is 8.78 Å². The Labute approximate surface area is 110 Å². The van der Waals surface area contributed by atoms with E-state index in [0.29, 0.717) is 25.1 Å². The third-order valence-electron chi connectivity index (χ3n) is 3.89. The summed E-state index contributed by atoms with van der Waals surface area (Å²) in [4.78, 5) is 14.0. The summed E-state index contributed by atoms with van der Waals surface area (Å²) in [5.74, 6) is -1.11. The van der Waals surface area contributed by atoms with Gasteiger partial charge in [-0.15, -0.1) is 0 Å². The Morgan fingerprint density at radius 2 is 2.00 bits per heavy atom. The van der Waals surface area contributed by atoms with Crippen molar-refractivity contribution in [2.75, 3.05) is 26.2 Å². The molecule has 0 spiro atoms. The van der Waals surface area contributed by atoms with Crippen LogP contribution in [0, 0.1) is 17.6 Å². The Bertz CT molecular complexity index is 500. The van der Waals surface area contributed by atoms with Crippen molar-refractivity contribution >= 4 is 5.91 Å². The maximum Gasteiger partial charge on any atom is 0.226 e. The number of hydrogen-bond acceptors (Lipinski definition) is 2. The zero-order chi connectivity index (χ0) is 13.4. The summed E-state index contributed by atoms with van der Waals surface area (Å²) in [7, 11) is 0. The first-order valence-corrected chi connectivity index (χ1v) is 6.61. The lowest BCUT2D eigenvalue weighted by Gasteiger charge is -2.27. The molecule has 3 nitrogen and oxygen atoms in total. The van der Waals surface area contributed by atoms with E-state index >= 15 is 0 Å². The minimum Gasteiger partial charge on any atom is -0.340 e. The Balaban J connectivity index is 1.70. The van der Waals surface area contributed by atoms with E-state index in [1.54, 1.807) is 0 Å². The van der Waals surface area contributed by atoms with E-state index in [0.717, 1.165) is 25.2 Å². The van der Waals surface area contributed by atoms with Crippen LogP contribution in [0.1, 0.15) is 17.9 Å². The van der Waals surface area contributed by atoms with Crippen molar-refractivity contribution in [3.8, 4) is 0 Å². The van der Waals surface area contributed by atoms with Crippen molar-refractivity contribution in [1.29, 1.82) is 0 Å². The number of halogens is 2. The van der Waals surface area contributed by atoms with E-state index in [4.69, 9.17) is 0 Å². The quantitative estimate of drug-likeness (QED) is 0.880. The number of rotatable bonds is 2. The summed E-state index contributed by atoms with van der Waals surface area (Å²) in [5.41, 5.74) is 0.341. The van der Waals surface area contributed by atoms with Crippen molar-refractivity contribution < 1.29 is 13.6 Å². The molecule has 19 heavy (non-hydrogen) atoms. The van der Waals surface area contributed by atoms with Gasteiger partial charge in [-0.05, 0) is 36.1 Å². The van der Waals surface area contributed by atoms with Crippen molar-refractivity contribution in [3.63, 3.8) is 0 Å². The average molecular weight is 266 g/mol. The van der Waals surface area contributed by atoms with Crippen LogP contribution in [0.3, 0.4) is 0 Å². The van der Waals surface area contributed by atoms with Gasteiger partial charge in [-0.2, -0.15) is 0 Å². The van der Waals surface area contributed by atoms with Crippen molar-refractivity contribution in [2.24, 2.45) is 5.92 Å². The molecule has 2 fully saturated rings. The molecule has 5 heteroatoms. The third kappa shape index (κ3) is 2.47. The molecule has 1 aromatic carbocycles. The number of benzene rings is 1. The number of nitrogens with one attached hydrogen (secondary N) is 1. The van der Waals surface area contributed by atoms with Crippen LogP contribution >= 0.6 is 0 Å². The van der Waals surface area contributed by atoms with Gasteiger partial charge in [0, 0.05) is 32.1 Å². The van der Waals surface area contributed by atoms with Crippen LogP contribution in [-0.2, 0) is 4.79 Å². The first-order valence-electron chi connectivity index (χ1n) is 6.61. The zero-order valence-electron chi connectivity index (χ0n) is 10.5. The average Bonchev–Trinajstić information content (AvgIpc) is 3.22. The van der Waals surface area contributed by atoms with Crippen molar-refractivity contribution in [3.05, 3.63) is 35.4 Å². The highest BCUT2D eigenvalue weighted by Gasteiger charge is 2.47. The number of piperazine rings is 1. The van der Waals surface area contributed by atoms with Crippen molar-refractivity contribution in [2.45, 2.75) is 12.3 Å². The Kier molecular flexibility index (Phi) is 3.22. The van der Waals surface area contributed by atoms with E-state index in [1.807, 2.05) is 4.90 Å². The van der Waals surface area contributed by atoms with E-state index in [9.17, 15) is 13.6 Å². The lowest BCUT2D eigenvalue weighted by Crippen LogP contribution is -2.47. The molecule has 1 amide bonds. The highest BCUT2D eigenvalue weighted by Crippen LogP contribution is 2.49. The fourth-order valence-corrected chi connectivity index (χ4v) is 2.73. The molecule has 3 rings (SSSR count). The minimum atomic E-state index is -0.448. The zero-order valence-corrected chi connectivity index (χ0v) is 10.5. The topological polar surface area (TPSA) is 32.3 Å². The van der Waals surface area contributed by atoms with E-state index in [1.165, 1.54) is 6.07 Å². The summed E-state index contributed by atoms with van der Waals surface area (Å²) in [6.07, 6.45) is 0.628. The molecule has 1 aromatic rings. The van der Waals surface area contributed by atoms with Crippen LogP contribution in [0.4, 0.5) is 8.78 Å². The van der Waals surface area contributed by atoms with E-state index < -0.39 is 11.6 Å². The Hall–Kier alpha value is -1.49. The smallest absolute Gasteiger partial charge is 0.226 e. The molecule has 1 aliphatic carbocycles. The maximum atomic E-state index is 13.6. The van der Waals surface area contributed by atoms with Gasteiger partial charge in [0.1, 0.15) is 11.6 Å². The monoisotopic (exact) mass is 266 g/mol. The molecule has 1 aliphatic heterocycles. The number of amides is 1. The molecule has 2 aliphatic rings. The molecule has 1 N–H and O–H groups in total. The summed E-state index contributed by atoms with van der Waals surface area (Å²) in [6, 6.07) is 3.45. The third-order valence-corrected chi connectivity index (χ3v) is 3.89. The van der Waals surface area contributed by atoms with Crippen LogP contribution in [0.5, 0.6) is 0 Å². The van der Waals surface area contributed by atoms with Gasteiger partial charge in [0.05, 0.1) is 0 Å². The summed E-state index contributed by atoms with van der Waals surface area (Å²) < 4.78 is 26.8. The van der Waals surface area contributed by atoms with E-state index in [2.05, 4.69) is 5.32 Å². The van der Waals surface area contributed by atoms with Gasteiger partial charge in [-0.3, -0.25) is 4.79 Å². The molecule has 2 unspecified atom stereocenters. The maximum absolute atomic E-state index is 13.6. The summed E-state index contributed by atoms with van der Waals surface area (Å²) in [6.45, 7) is 3.01. The normalized spacial score (nSPS) is 26.3. The Morgan fingerprint density at radius 1 is 1.26 bits per heavy atom. The lowest BCUT2D eigenvalue weighted by molar-refractivity contribution is -0.133. The Morgan fingerprint density at radius 3 is 2.74 bits per heavy atom. The summed E-state index contributed by atoms with van der Waals surface area (Å²) >= 11 is 0. The van der Waals surface area contributed by atoms with Crippen LogP contribution in [0.2, 0.25) is 0 Å². The van der Waals surface area contributed by atoms with Crippen LogP contribution in [0.25, 0.3) is 0 Å². The predicted octanol–water partition coefficient (Wildman–Crippen LogP) is 1.50. The van der Waals surface area contributed by atoms with Crippen LogP contribution in [-0.4, -0.2) is 37.0 Å². The second-order valence-electron chi connectivity index (χ2n) is 5.19. The molecule has 102 valence electrons. The number of carbonyl (C=O) groups excluding carboxylic acids is 1. The second-order valence-corrected chi connectivity index (χ2v) is 5.19. The molecule has 1 heterocycles. The molecule has 1 saturated heterocycles. The standard InChI is InChI=1S/C14H16F2N2O/c15-9-1-2-13(16)11(7-9)10-8-12(10)14(19)18-5-3-17-4-6-18/h1-2,7,10,12,17H,3-6,8H2. The van der Waals surface area contributed by atoms with Gasteiger partial charge < -0.3 is 10.2 Å². The second kappa shape index (κ2) is 4.89. The van der Waals surface area contributed by atoms with Crippen LogP contribution in [0.15, 0.2) is 18.2 Å².